The molecule has 0 unspecified atom stereocenters. The van der Waals surface area contributed by atoms with Gasteiger partial charge < -0.3 is 29.3 Å². The number of carbonyl (C=O) groups is 4. The molecule has 0 saturated carbocycles. The third kappa shape index (κ3) is 8.17. The van der Waals surface area contributed by atoms with E-state index in [9.17, 15) is 29.4 Å². The largest absolute Gasteiger partial charge is 2.00 e. The van der Waals surface area contributed by atoms with Gasteiger partial charge in [-0.25, -0.2) is 0 Å². The topological polar surface area (TPSA) is 133 Å². The van der Waals surface area contributed by atoms with Crippen LogP contribution < -0.4 is 19.7 Å². The number of aromatic carboxylic acids is 2. The Hall–Kier alpha value is -3.16. The molecule has 8 nitrogen and oxygen atoms in total. The molecule has 9 heteroatoms. The summed E-state index contributed by atoms with van der Waals surface area (Å²) >= 11 is 0. The van der Waals surface area contributed by atoms with E-state index in [-0.39, 0.29) is 39.7 Å². The van der Waals surface area contributed by atoms with E-state index < -0.39 is 23.9 Å². The van der Waals surface area contributed by atoms with Crippen LogP contribution in [0.3, 0.4) is 0 Å². The minimum absolute atomic E-state index is 0. The zero-order valence-corrected chi connectivity index (χ0v) is 15.3. The van der Waals surface area contributed by atoms with Crippen LogP contribution in [0.5, 0.6) is 11.5 Å². The van der Waals surface area contributed by atoms with Crippen molar-refractivity contribution in [2.45, 2.75) is 13.8 Å². The Balaban J connectivity index is 0.000000483. The van der Waals surface area contributed by atoms with Crippen molar-refractivity contribution in [1.82, 2.24) is 0 Å². The Morgan fingerprint density at radius 1 is 0.667 bits per heavy atom. The fourth-order valence-electron chi connectivity index (χ4n) is 1.76. The molecule has 0 atom stereocenters. The molecule has 0 N–H and O–H groups in total. The molecule has 0 aliphatic heterocycles. The van der Waals surface area contributed by atoms with Crippen LogP contribution in [0.4, 0.5) is 0 Å². The first-order valence-corrected chi connectivity index (χ1v) is 7.20. The number of rotatable bonds is 4. The Bertz CT molecular complexity index is 762. The normalized spacial score (nSPS) is 8.96. The van der Waals surface area contributed by atoms with Crippen LogP contribution in [-0.2, 0) is 26.7 Å². The summed E-state index contributed by atoms with van der Waals surface area (Å²) in [6, 6.07) is 11.6. The molecule has 142 valence electrons. The molecular formula is C18H14FeO8. The van der Waals surface area contributed by atoms with Gasteiger partial charge in [-0.1, -0.05) is 24.3 Å². The predicted molar refractivity (Wildman–Crippen MR) is 84.2 cm³/mol. The number of carboxylic acid groups (broad SMARTS) is 2. The van der Waals surface area contributed by atoms with Gasteiger partial charge in [-0.15, -0.1) is 0 Å². The summed E-state index contributed by atoms with van der Waals surface area (Å²) in [5, 5.41) is 21.0. The molecule has 0 aliphatic rings. The van der Waals surface area contributed by atoms with E-state index >= 15 is 0 Å². The van der Waals surface area contributed by atoms with Gasteiger partial charge in [0, 0.05) is 25.0 Å². The van der Waals surface area contributed by atoms with Crippen LogP contribution in [0.1, 0.15) is 34.6 Å². The molecule has 2 aromatic rings. The van der Waals surface area contributed by atoms with Crippen molar-refractivity contribution in [3.63, 3.8) is 0 Å². The number of hydrogen-bond donors (Lipinski definition) is 0. The van der Waals surface area contributed by atoms with Gasteiger partial charge in [-0.3, -0.25) is 9.59 Å². The number of para-hydroxylation sites is 2. The molecule has 0 fully saturated rings. The van der Waals surface area contributed by atoms with Crippen LogP contribution in [0.2, 0.25) is 0 Å². The summed E-state index contributed by atoms with van der Waals surface area (Å²) in [5.41, 5.74) is -0.254. The number of esters is 2. The van der Waals surface area contributed by atoms with Crippen molar-refractivity contribution in [2.75, 3.05) is 0 Å². The third-order valence-electron chi connectivity index (χ3n) is 2.72. The van der Waals surface area contributed by atoms with Crippen molar-refractivity contribution in [3.8, 4) is 11.5 Å². The second kappa shape index (κ2) is 11.5. The number of carbonyl (C=O) groups excluding carboxylic acids is 4. The van der Waals surface area contributed by atoms with Gasteiger partial charge >= 0.3 is 29.0 Å². The zero-order chi connectivity index (χ0) is 19.7. The number of carboxylic acids is 2. The van der Waals surface area contributed by atoms with Crippen molar-refractivity contribution < 1.29 is 55.9 Å². The molecule has 0 aromatic heterocycles. The van der Waals surface area contributed by atoms with E-state index in [0.717, 1.165) is 0 Å². The molecule has 0 spiro atoms. The summed E-state index contributed by atoms with van der Waals surface area (Å²) < 4.78 is 9.29. The first-order chi connectivity index (χ1) is 12.2. The van der Waals surface area contributed by atoms with Gasteiger partial charge in [0.25, 0.3) is 0 Å². The first-order valence-electron chi connectivity index (χ1n) is 7.20. The minimum Gasteiger partial charge on any atom is -0.545 e. The second-order valence-corrected chi connectivity index (χ2v) is 4.75. The van der Waals surface area contributed by atoms with Crippen LogP contribution >= 0.6 is 0 Å². The van der Waals surface area contributed by atoms with Crippen molar-refractivity contribution in [3.05, 3.63) is 59.7 Å². The van der Waals surface area contributed by atoms with Crippen LogP contribution in [0, 0.1) is 0 Å². The minimum atomic E-state index is -1.36. The average Bonchev–Trinajstić information content (AvgIpc) is 2.55. The molecule has 2 aromatic carbocycles. The SMILES string of the molecule is CC(=O)Oc1ccccc1C(=O)[O-].CC(=O)Oc1ccccc1C(=O)[O-].[Fe+2]. The summed E-state index contributed by atoms with van der Waals surface area (Å²) in [6.45, 7) is 2.40. The Morgan fingerprint density at radius 3 is 1.22 bits per heavy atom. The molecule has 0 bridgehead atoms. The van der Waals surface area contributed by atoms with Crippen molar-refractivity contribution >= 4 is 23.9 Å². The van der Waals surface area contributed by atoms with E-state index in [4.69, 9.17) is 0 Å². The molecule has 0 amide bonds. The van der Waals surface area contributed by atoms with Gasteiger partial charge in [0.1, 0.15) is 11.5 Å². The number of ether oxygens (including phenoxy) is 2. The molecule has 27 heavy (non-hydrogen) atoms. The van der Waals surface area contributed by atoms with Crippen LogP contribution in [0.15, 0.2) is 48.5 Å². The summed E-state index contributed by atoms with van der Waals surface area (Å²) in [6.07, 6.45) is 0. The van der Waals surface area contributed by atoms with E-state index in [2.05, 4.69) is 9.47 Å². The van der Waals surface area contributed by atoms with E-state index in [1.165, 1.54) is 50.2 Å². The van der Waals surface area contributed by atoms with Gasteiger partial charge in [0.2, 0.25) is 0 Å². The number of benzene rings is 2. The van der Waals surface area contributed by atoms with Crippen LogP contribution in [0.25, 0.3) is 0 Å². The monoisotopic (exact) mass is 414 g/mol. The zero-order valence-electron chi connectivity index (χ0n) is 14.2. The van der Waals surface area contributed by atoms with Gasteiger partial charge in [-0.2, -0.15) is 0 Å². The maximum Gasteiger partial charge on any atom is 2.00 e. The Morgan fingerprint density at radius 2 is 0.963 bits per heavy atom. The molecule has 0 saturated heterocycles. The summed E-state index contributed by atoms with van der Waals surface area (Å²) in [5.74, 6) is -3.83. The quantitative estimate of drug-likeness (QED) is 0.386. The maximum atomic E-state index is 10.6. The second-order valence-electron chi connectivity index (χ2n) is 4.75. The van der Waals surface area contributed by atoms with Crippen LogP contribution in [-0.4, -0.2) is 23.9 Å². The molecule has 2 rings (SSSR count). The Kier molecular flexibility index (Phi) is 10.1. The summed E-state index contributed by atoms with van der Waals surface area (Å²) in [4.78, 5) is 42.1. The number of hydrogen-bond acceptors (Lipinski definition) is 8. The smallest absolute Gasteiger partial charge is 0.545 e. The first kappa shape index (κ1) is 23.8. The average molecular weight is 414 g/mol. The Labute approximate surface area is 165 Å². The molecule has 0 aliphatic carbocycles. The standard InChI is InChI=1S/2C9H8O4.Fe/c2*1-6(10)13-8-5-3-2-4-7(8)9(11)12;/h2*2-5H,1H3,(H,11,12);/q;;+2/p-2. The fraction of sp³-hybridized carbons (Fsp3) is 0.111. The fourth-order valence-corrected chi connectivity index (χ4v) is 1.76. The van der Waals surface area contributed by atoms with E-state index in [0.29, 0.717) is 0 Å². The van der Waals surface area contributed by atoms with Crippen molar-refractivity contribution in [2.24, 2.45) is 0 Å². The van der Waals surface area contributed by atoms with Crippen molar-refractivity contribution in [1.29, 1.82) is 0 Å². The molecular weight excluding hydrogens is 400 g/mol. The summed E-state index contributed by atoms with van der Waals surface area (Å²) in [7, 11) is 0. The maximum absolute atomic E-state index is 10.6. The third-order valence-corrected chi connectivity index (χ3v) is 2.72. The van der Waals surface area contributed by atoms with Gasteiger partial charge in [-0.05, 0) is 24.3 Å². The molecule has 0 heterocycles. The predicted octanol–water partition coefficient (Wildman–Crippen LogP) is -0.0517. The van der Waals surface area contributed by atoms with E-state index in [1.807, 2.05) is 0 Å². The molecule has 0 radical (unpaired) electrons. The van der Waals surface area contributed by atoms with Gasteiger partial charge in [0.05, 0.1) is 11.9 Å². The van der Waals surface area contributed by atoms with E-state index in [1.54, 1.807) is 12.1 Å². The van der Waals surface area contributed by atoms with Gasteiger partial charge in [0.15, 0.2) is 0 Å².